The molecule has 1 unspecified atom stereocenters. The number of ether oxygens (including phenoxy) is 1. The van der Waals surface area contributed by atoms with Crippen molar-refractivity contribution in [1.82, 2.24) is 15.0 Å². The fourth-order valence-electron chi connectivity index (χ4n) is 3.84. The van der Waals surface area contributed by atoms with Gasteiger partial charge in [-0.25, -0.2) is 9.48 Å². The molecule has 1 aromatic carbocycles. The normalized spacial score (nSPS) is 17.5. The Labute approximate surface area is 162 Å². The Morgan fingerprint density at radius 3 is 2.56 bits per heavy atom. The van der Waals surface area contributed by atoms with Crippen molar-refractivity contribution in [1.29, 1.82) is 0 Å². The first kappa shape index (κ1) is 19.6. The van der Waals surface area contributed by atoms with E-state index in [4.69, 9.17) is 4.74 Å². The molecule has 0 spiro atoms. The van der Waals surface area contributed by atoms with Crippen molar-refractivity contribution in [3.8, 4) is 0 Å². The minimum atomic E-state index is -0.260. The maximum atomic E-state index is 12.0. The van der Waals surface area contributed by atoms with E-state index in [0.717, 1.165) is 19.3 Å². The van der Waals surface area contributed by atoms with Crippen LogP contribution in [0.3, 0.4) is 0 Å². The second kappa shape index (κ2) is 8.68. The molecule has 0 N–H and O–H groups in total. The molecular formula is C22H31N3O2. The molecule has 0 saturated heterocycles. The van der Waals surface area contributed by atoms with Gasteiger partial charge in [0.25, 0.3) is 0 Å². The van der Waals surface area contributed by atoms with Crippen molar-refractivity contribution in [3.63, 3.8) is 0 Å². The first-order valence-electron chi connectivity index (χ1n) is 10.2. The molecule has 0 fully saturated rings. The van der Waals surface area contributed by atoms with Gasteiger partial charge in [-0.1, -0.05) is 30.2 Å². The number of nitrogens with zero attached hydrogens (tertiary/aromatic N) is 3. The number of rotatable bonds is 5. The van der Waals surface area contributed by atoms with Gasteiger partial charge in [0.05, 0.1) is 23.1 Å². The highest BCUT2D eigenvalue weighted by Crippen LogP contribution is 2.32. The second-order valence-corrected chi connectivity index (χ2v) is 8.11. The third-order valence-electron chi connectivity index (χ3n) is 5.18. The number of aromatic nitrogens is 3. The number of hydrogen-bond donors (Lipinski definition) is 0. The highest BCUT2D eigenvalue weighted by molar-refractivity contribution is 5.89. The molecule has 1 aliphatic carbocycles. The van der Waals surface area contributed by atoms with Gasteiger partial charge in [-0.2, -0.15) is 0 Å². The molecule has 5 heteroatoms. The Hall–Kier alpha value is -2.17. The molecule has 0 radical (unpaired) electrons. The third-order valence-corrected chi connectivity index (χ3v) is 5.18. The predicted molar refractivity (Wildman–Crippen MR) is 106 cm³/mol. The fourth-order valence-corrected chi connectivity index (χ4v) is 3.84. The lowest BCUT2D eigenvalue weighted by Crippen LogP contribution is -2.14. The Balaban J connectivity index is 1.78. The van der Waals surface area contributed by atoms with Crippen LogP contribution in [-0.2, 0) is 17.6 Å². The summed E-state index contributed by atoms with van der Waals surface area (Å²) in [5.74, 6) is 0.130. The van der Waals surface area contributed by atoms with Crippen molar-refractivity contribution in [2.24, 2.45) is 0 Å². The standard InChI is InChI=1S/C22H31N3O2/c1-15(2)25-20-9-7-5-6-8-19(21(20)23-24-25)14-17-10-12-18(13-11-17)22(26)27-16(3)4/h10-13,15-16,19H,5-9,14H2,1-4H3. The summed E-state index contributed by atoms with van der Waals surface area (Å²) in [5.41, 5.74) is 4.32. The van der Waals surface area contributed by atoms with Crippen LogP contribution in [0.2, 0.25) is 0 Å². The van der Waals surface area contributed by atoms with Crippen LogP contribution >= 0.6 is 0 Å². The Bertz CT molecular complexity index is 762. The van der Waals surface area contributed by atoms with E-state index in [-0.39, 0.29) is 12.1 Å². The summed E-state index contributed by atoms with van der Waals surface area (Å²) >= 11 is 0. The molecule has 27 heavy (non-hydrogen) atoms. The van der Waals surface area contributed by atoms with Crippen LogP contribution in [-0.4, -0.2) is 27.1 Å². The molecular weight excluding hydrogens is 338 g/mol. The largest absolute Gasteiger partial charge is 0.459 e. The van der Waals surface area contributed by atoms with Crippen molar-refractivity contribution in [3.05, 3.63) is 46.8 Å². The van der Waals surface area contributed by atoms with Gasteiger partial charge in [-0.05, 0) is 71.1 Å². The molecule has 1 aromatic heterocycles. The van der Waals surface area contributed by atoms with E-state index in [1.54, 1.807) is 0 Å². The maximum Gasteiger partial charge on any atom is 0.338 e. The zero-order chi connectivity index (χ0) is 19.4. The quantitative estimate of drug-likeness (QED) is 0.706. The molecule has 1 atom stereocenters. The SMILES string of the molecule is CC(C)OC(=O)c1ccc(CC2CCCCCc3c2nnn3C(C)C)cc1. The average Bonchev–Trinajstić information content (AvgIpc) is 3.01. The summed E-state index contributed by atoms with van der Waals surface area (Å²) in [6, 6.07) is 8.17. The monoisotopic (exact) mass is 369 g/mol. The van der Waals surface area contributed by atoms with E-state index in [2.05, 4.69) is 28.8 Å². The second-order valence-electron chi connectivity index (χ2n) is 8.11. The zero-order valence-electron chi connectivity index (χ0n) is 16.9. The fraction of sp³-hybridized carbons (Fsp3) is 0.591. The smallest absolute Gasteiger partial charge is 0.338 e. The molecule has 3 rings (SSSR count). The number of carbonyl (C=O) groups excluding carboxylic acids is 1. The minimum absolute atomic E-state index is 0.103. The lowest BCUT2D eigenvalue weighted by atomic mass is 9.86. The topological polar surface area (TPSA) is 57.0 Å². The molecule has 1 aliphatic rings. The van der Waals surface area contributed by atoms with Crippen molar-refractivity contribution in [2.45, 2.75) is 84.3 Å². The van der Waals surface area contributed by atoms with E-state index >= 15 is 0 Å². The lowest BCUT2D eigenvalue weighted by molar-refractivity contribution is 0.0378. The number of benzene rings is 1. The van der Waals surface area contributed by atoms with Gasteiger partial charge in [0.15, 0.2) is 0 Å². The number of carbonyl (C=O) groups is 1. The van der Waals surface area contributed by atoms with Gasteiger partial charge in [-0.3, -0.25) is 0 Å². The van der Waals surface area contributed by atoms with E-state index in [1.807, 2.05) is 38.1 Å². The van der Waals surface area contributed by atoms with Crippen LogP contribution in [0.15, 0.2) is 24.3 Å². The van der Waals surface area contributed by atoms with Gasteiger partial charge in [0, 0.05) is 12.0 Å². The summed E-state index contributed by atoms with van der Waals surface area (Å²) in [6.07, 6.45) is 6.75. The van der Waals surface area contributed by atoms with Gasteiger partial charge in [-0.15, -0.1) is 5.10 Å². The molecule has 0 saturated carbocycles. The van der Waals surface area contributed by atoms with Gasteiger partial charge in [0.2, 0.25) is 0 Å². The van der Waals surface area contributed by atoms with Crippen molar-refractivity contribution >= 4 is 5.97 Å². The van der Waals surface area contributed by atoms with Crippen LogP contribution in [0.4, 0.5) is 0 Å². The number of esters is 1. The van der Waals surface area contributed by atoms with Crippen LogP contribution in [0.25, 0.3) is 0 Å². The molecule has 146 valence electrons. The first-order valence-corrected chi connectivity index (χ1v) is 10.2. The van der Waals surface area contributed by atoms with Gasteiger partial charge < -0.3 is 4.74 Å². The Morgan fingerprint density at radius 1 is 1.15 bits per heavy atom. The van der Waals surface area contributed by atoms with Gasteiger partial charge in [0.1, 0.15) is 0 Å². The van der Waals surface area contributed by atoms with E-state index in [9.17, 15) is 4.79 Å². The van der Waals surface area contributed by atoms with Crippen LogP contribution in [0.1, 0.15) is 92.6 Å². The summed E-state index contributed by atoms with van der Waals surface area (Å²) in [4.78, 5) is 12.0. The van der Waals surface area contributed by atoms with Crippen LogP contribution < -0.4 is 0 Å². The third kappa shape index (κ3) is 4.76. The molecule has 0 aliphatic heterocycles. The maximum absolute atomic E-state index is 12.0. The zero-order valence-corrected chi connectivity index (χ0v) is 16.9. The lowest BCUT2D eigenvalue weighted by Gasteiger charge is -2.20. The summed E-state index contributed by atoms with van der Waals surface area (Å²) in [6.45, 7) is 8.06. The van der Waals surface area contributed by atoms with E-state index < -0.39 is 0 Å². The average molecular weight is 370 g/mol. The predicted octanol–water partition coefficient (Wildman–Crippen LogP) is 4.87. The van der Waals surface area contributed by atoms with E-state index in [1.165, 1.54) is 36.2 Å². The summed E-state index contributed by atoms with van der Waals surface area (Å²) in [5, 5.41) is 9.02. The summed E-state index contributed by atoms with van der Waals surface area (Å²) in [7, 11) is 0. The molecule has 2 aromatic rings. The molecule has 5 nitrogen and oxygen atoms in total. The molecule has 0 bridgehead atoms. The Kier molecular flexibility index (Phi) is 6.30. The summed E-state index contributed by atoms with van der Waals surface area (Å²) < 4.78 is 7.36. The van der Waals surface area contributed by atoms with Crippen LogP contribution in [0.5, 0.6) is 0 Å². The highest BCUT2D eigenvalue weighted by atomic mass is 16.5. The van der Waals surface area contributed by atoms with Gasteiger partial charge >= 0.3 is 5.97 Å². The van der Waals surface area contributed by atoms with E-state index in [0.29, 0.717) is 17.5 Å². The van der Waals surface area contributed by atoms with Crippen molar-refractivity contribution < 1.29 is 9.53 Å². The first-order chi connectivity index (χ1) is 13.0. The number of fused-ring (bicyclic) bond motifs is 1. The highest BCUT2D eigenvalue weighted by Gasteiger charge is 2.24. The minimum Gasteiger partial charge on any atom is -0.459 e. The molecule has 1 heterocycles. The Morgan fingerprint density at radius 2 is 1.89 bits per heavy atom. The van der Waals surface area contributed by atoms with Crippen molar-refractivity contribution in [2.75, 3.05) is 0 Å². The molecule has 0 amide bonds. The number of hydrogen-bond acceptors (Lipinski definition) is 4. The van der Waals surface area contributed by atoms with Crippen LogP contribution in [0, 0.1) is 0 Å².